The van der Waals surface area contributed by atoms with Gasteiger partial charge >= 0.3 is 5.97 Å². The van der Waals surface area contributed by atoms with Crippen LogP contribution in [-0.4, -0.2) is 95.8 Å². The molecule has 8 atom stereocenters. The molecule has 0 aromatic heterocycles. The quantitative estimate of drug-likeness (QED) is 0.164. The van der Waals surface area contributed by atoms with Crippen molar-refractivity contribution in [3.63, 3.8) is 0 Å². The lowest BCUT2D eigenvalue weighted by Gasteiger charge is -2.39. The molecule has 0 radical (unpaired) electrons. The van der Waals surface area contributed by atoms with Gasteiger partial charge in [0, 0.05) is 26.6 Å². The first kappa shape index (κ1) is 37.9. The van der Waals surface area contributed by atoms with Crippen LogP contribution in [0.15, 0.2) is 86.0 Å². The first-order valence-corrected chi connectivity index (χ1v) is 18.0. The Kier molecular flexibility index (Phi) is 12.8. The maximum absolute atomic E-state index is 14.9. The highest BCUT2D eigenvalue weighted by Crippen LogP contribution is 2.60. The summed E-state index contributed by atoms with van der Waals surface area (Å²) in [5.41, 5.74) is 0.00556. The molecule has 3 saturated heterocycles. The smallest absolute Gasteiger partial charge is 0.313 e. The van der Waals surface area contributed by atoms with Crippen LogP contribution in [0.5, 0.6) is 0 Å². The highest BCUT2D eigenvalue weighted by atomic mass is 16.6. The summed E-state index contributed by atoms with van der Waals surface area (Å²) in [6.45, 7) is 9.96. The zero-order valence-electron chi connectivity index (χ0n) is 29.7. The summed E-state index contributed by atoms with van der Waals surface area (Å²) < 4.78 is 18.5. The van der Waals surface area contributed by atoms with Gasteiger partial charge in [-0.15, -0.1) is 13.2 Å². The van der Waals surface area contributed by atoms with E-state index >= 15 is 0 Å². The van der Waals surface area contributed by atoms with Crippen molar-refractivity contribution < 1.29 is 38.5 Å². The average molecular weight is 702 g/mol. The van der Waals surface area contributed by atoms with Crippen LogP contribution in [0.4, 0.5) is 0 Å². The lowest BCUT2D eigenvalue weighted by atomic mass is 9.70. The molecular formula is C40H51N3O8. The SMILES string of the molecule is C=CCCC(=O)N[C@H](COC)[C@H](OC(=O)[C@@H]1[C@@H]2CC[C@]3(O2)[C@H](C(=O)N(CC=C)CCCC)N([C@H](CO)c2ccccc2)C(=O)[C@@H]13)c1ccccc1. The summed E-state index contributed by atoms with van der Waals surface area (Å²) in [6, 6.07) is 15.5. The van der Waals surface area contributed by atoms with Crippen molar-refractivity contribution in [2.24, 2.45) is 11.8 Å². The van der Waals surface area contributed by atoms with Crippen LogP contribution in [0.2, 0.25) is 0 Å². The number of carbonyl (C=O) groups is 4. The molecule has 3 heterocycles. The maximum atomic E-state index is 14.9. The largest absolute Gasteiger partial charge is 0.455 e. The predicted octanol–water partition coefficient (Wildman–Crippen LogP) is 4.29. The van der Waals surface area contributed by atoms with Crippen molar-refractivity contribution in [3.05, 3.63) is 97.1 Å². The summed E-state index contributed by atoms with van der Waals surface area (Å²) in [5, 5.41) is 13.8. The molecule has 3 amide bonds. The van der Waals surface area contributed by atoms with Crippen molar-refractivity contribution in [3.8, 4) is 0 Å². The first-order chi connectivity index (χ1) is 24.8. The molecule has 3 aliphatic rings. The van der Waals surface area contributed by atoms with Gasteiger partial charge < -0.3 is 34.4 Å². The van der Waals surface area contributed by atoms with Crippen LogP contribution in [0, 0.1) is 11.8 Å². The van der Waals surface area contributed by atoms with E-state index in [-0.39, 0.29) is 31.4 Å². The highest BCUT2D eigenvalue weighted by Gasteiger charge is 2.76. The number of aliphatic hydroxyl groups is 1. The average Bonchev–Trinajstić information content (AvgIpc) is 3.79. The third-order valence-corrected chi connectivity index (χ3v) is 10.4. The number of esters is 1. The van der Waals surface area contributed by atoms with Gasteiger partial charge in [0.25, 0.3) is 0 Å². The van der Waals surface area contributed by atoms with Gasteiger partial charge in [-0.25, -0.2) is 0 Å². The van der Waals surface area contributed by atoms with E-state index in [0.29, 0.717) is 36.9 Å². The Morgan fingerprint density at radius 1 is 1.10 bits per heavy atom. The van der Waals surface area contributed by atoms with E-state index in [4.69, 9.17) is 14.2 Å². The molecule has 2 aromatic rings. The number of ether oxygens (including phenoxy) is 3. The molecule has 3 aliphatic heterocycles. The lowest BCUT2D eigenvalue weighted by molar-refractivity contribution is -0.163. The van der Waals surface area contributed by atoms with Gasteiger partial charge in [-0.3, -0.25) is 19.2 Å². The van der Waals surface area contributed by atoms with Crippen molar-refractivity contribution in [2.75, 3.05) is 33.4 Å². The summed E-state index contributed by atoms with van der Waals surface area (Å²) in [4.78, 5) is 60.1. The van der Waals surface area contributed by atoms with Crippen molar-refractivity contribution in [1.82, 2.24) is 15.1 Å². The summed E-state index contributed by atoms with van der Waals surface area (Å²) >= 11 is 0. The molecule has 1 spiro atoms. The number of rotatable bonds is 19. The molecule has 11 nitrogen and oxygen atoms in total. The van der Waals surface area contributed by atoms with Crippen LogP contribution in [-0.2, 0) is 33.4 Å². The number of nitrogens with one attached hydrogen (secondary N) is 1. The van der Waals surface area contributed by atoms with E-state index in [9.17, 15) is 24.3 Å². The number of benzene rings is 2. The van der Waals surface area contributed by atoms with Crippen LogP contribution >= 0.6 is 0 Å². The van der Waals surface area contributed by atoms with Crippen molar-refractivity contribution in [1.29, 1.82) is 0 Å². The van der Waals surface area contributed by atoms with Crippen molar-refractivity contribution in [2.45, 2.75) is 81.4 Å². The lowest BCUT2D eigenvalue weighted by Crippen LogP contribution is -2.57. The Balaban J connectivity index is 1.53. The van der Waals surface area contributed by atoms with E-state index < -0.39 is 66.3 Å². The third-order valence-electron chi connectivity index (χ3n) is 10.4. The second-order valence-corrected chi connectivity index (χ2v) is 13.6. The Hall–Kier alpha value is -4.32. The number of aliphatic hydroxyl groups excluding tert-OH is 1. The van der Waals surface area contributed by atoms with Gasteiger partial charge in [-0.05, 0) is 36.8 Å². The molecule has 2 N–H and O–H groups in total. The molecule has 274 valence electrons. The van der Waals surface area contributed by atoms with E-state index in [1.165, 1.54) is 12.0 Å². The fourth-order valence-corrected chi connectivity index (χ4v) is 8.10. The number of unbranched alkanes of at least 4 members (excludes halogenated alkanes) is 1. The molecule has 51 heavy (non-hydrogen) atoms. The monoisotopic (exact) mass is 701 g/mol. The van der Waals surface area contributed by atoms with E-state index in [1.54, 1.807) is 17.1 Å². The first-order valence-electron chi connectivity index (χ1n) is 18.0. The van der Waals surface area contributed by atoms with E-state index in [0.717, 1.165) is 12.8 Å². The maximum Gasteiger partial charge on any atom is 0.313 e. The number of carbonyl (C=O) groups excluding carboxylic acids is 4. The Labute approximate surface area is 300 Å². The summed E-state index contributed by atoms with van der Waals surface area (Å²) in [6.07, 6.45) is 4.85. The molecule has 0 saturated carbocycles. The molecule has 2 bridgehead atoms. The van der Waals surface area contributed by atoms with Crippen LogP contribution < -0.4 is 5.32 Å². The van der Waals surface area contributed by atoms with E-state index in [1.807, 2.05) is 67.6 Å². The standard InChI is InChI=1S/C40H51N3O8/c1-5-8-20-32(45)41-29(26-49-4)35(28-18-14-11-15-19-28)50-39(48)33-31-21-22-40(51-31)34(33)37(46)43(30(25-44)27-16-12-10-13-17-27)36(40)38(47)42(23-7-3)24-9-6-2/h5,7,10-19,29-31,33-36,44H,1,3,6,8-9,20-26H2,2,4H3,(H,41,45)/t29-,30-,31+,33-,34-,35-,36+,40-/m1/s1. The van der Waals surface area contributed by atoms with Gasteiger partial charge in [-0.1, -0.05) is 86.2 Å². The molecule has 0 aliphatic carbocycles. The number of methoxy groups -OCH3 is 1. The number of hydrogen-bond acceptors (Lipinski definition) is 8. The minimum atomic E-state index is -1.30. The predicted molar refractivity (Wildman–Crippen MR) is 191 cm³/mol. The Morgan fingerprint density at radius 3 is 2.39 bits per heavy atom. The van der Waals surface area contributed by atoms with E-state index in [2.05, 4.69) is 18.5 Å². The molecule has 2 aromatic carbocycles. The van der Waals surface area contributed by atoms with Crippen molar-refractivity contribution >= 4 is 23.7 Å². The van der Waals surface area contributed by atoms with Crippen LogP contribution in [0.1, 0.15) is 68.7 Å². The van der Waals surface area contributed by atoms with Gasteiger partial charge in [0.15, 0.2) is 0 Å². The number of likely N-dealkylation sites (tertiary alicyclic amines) is 1. The second-order valence-electron chi connectivity index (χ2n) is 13.6. The molecule has 5 rings (SSSR count). The minimum Gasteiger partial charge on any atom is -0.455 e. The Morgan fingerprint density at radius 2 is 1.78 bits per heavy atom. The molecule has 3 fully saturated rings. The Bertz CT molecular complexity index is 1540. The number of allylic oxidation sites excluding steroid dienone is 1. The number of nitrogens with zero attached hydrogens (tertiary/aromatic N) is 2. The topological polar surface area (TPSA) is 135 Å². The fraction of sp³-hybridized carbons (Fsp3) is 0.500. The van der Waals surface area contributed by atoms with Gasteiger partial charge in [0.2, 0.25) is 17.7 Å². The number of amides is 3. The molecule has 11 heteroatoms. The van der Waals surface area contributed by atoms with Gasteiger partial charge in [0.1, 0.15) is 17.7 Å². The second kappa shape index (κ2) is 17.3. The fourth-order valence-electron chi connectivity index (χ4n) is 8.10. The highest BCUT2D eigenvalue weighted by molar-refractivity contribution is 5.98. The molecule has 0 unspecified atom stereocenters. The third kappa shape index (κ3) is 7.66. The van der Waals surface area contributed by atoms with Crippen LogP contribution in [0.3, 0.4) is 0 Å². The van der Waals surface area contributed by atoms with Gasteiger partial charge in [-0.2, -0.15) is 0 Å². The zero-order chi connectivity index (χ0) is 36.5. The summed E-state index contributed by atoms with van der Waals surface area (Å²) in [7, 11) is 1.50. The normalized spacial score (nSPS) is 25.1. The molecular weight excluding hydrogens is 650 g/mol. The zero-order valence-corrected chi connectivity index (χ0v) is 29.7. The number of hydrogen-bond donors (Lipinski definition) is 2. The van der Waals surface area contributed by atoms with Gasteiger partial charge in [0.05, 0.1) is 43.2 Å². The van der Waals surface area contributed by atoms with Crippen LogP contribution in [0.25, 0.3) is 0 Å². The number of fused-ring (bicyclic) bond motifs is 1. The summed E-state index contributed by atoms with van der Waals surface area (Å²) in [5.74, 6) is -3.67. The minimum absolute atomic E-state index is 0.0556.